The Hall–Kier alpha value is -2.32. The number of hydrogen-bond donors (Lipinski definition) is 2. The highest BCUT2D eigenvalue weighted by Gasteiger charge is 2.17. The van der Waals surface area contributed by atoms with Gasteiger partial charge in [0.15, 0.2) is 12.4 Å². The van der Waals surface area contributed by atoms with Crippen LogP contribution in [-0.2, 0) is 9.53 Å². The minimum Gasteiger partial charge on any atom is -0.505 e. The Balaban J connectivity index is 1.55. The molecule has 1 aliphatic heterocycles. The Labute approximate surface area is 172 Å². The van der Waals surface area contributed by atoms with Crippen LogP contribution >= 0.6 is 23.5 Å². The van der Waals surface area contributed by atoms with Crippen molar-refractivity contribution in [3.05, 3.63) is 53.6 Å². The van der Waals surface area contributed by atoms with E-state index in [2.05, 4.69) is 10.1 Å². The van der Waals surface area contributed by atoms with E-state index in [1.807, 2.05) is 47.8 Å². The van der Waals surface area contributed by atoms with Crippen LogP contribution in [0.1, 0.15) is 26.9 Å². The highest BCUT2D eigenvalue weighted by molar-refractivity contribution is 8.16. The molecule has 148 valence electrons. The molecule has 2 aromatic carbocycles. The van der Waals surface area contributed by atoms with Crippen molar-refractivity contribution in [2.24, 2.45) is 0 Å². The summed E-state index contributed by atoms with van der Waals surface area (Å²) in [5.41, 5.74) is 1.35. The van der Waals surface area contributed by atoms with Gasteiger partial charge in [-0.25, -0.2) is 4.79 Å². The molecule has 3 rings (SSSR count). The van der Waals surface area contributed by atoms with E-state index in [0.29, 0.717) is 10.3 Å². The lowest BCUT2D eigenvalue weighted by molar-refractivity contribution is -0.118. The molecule has 8 heteroatoms. The maximum absolute atomic E-state index is 12.1. The highest BCUT2D eigenvalue weighted by Crippen LogP contribution is 2.43. The van der Waals surface area contributed by atoms with Crippen LogP contribution in [0.25, 0.3) is 0 Å². The van der Waals surface area contributed by atoms with Gasteiger partial charge in [0.1, 0.15) is 11.3 Å². The minimum absolute atomic E-state index is 0.0183. The molecule has 1 heterocycles. The van der Waals surface area contributed by atoms with Crippen molar-refractivity contribution in [3.8, 4) is 11.5 Å². The SMILES string of the molecule is COC(=O)c1cccc(NC(=O)COc2ccc(C3SCCCS3)cc2)c1O. The van der Waals surface area contributed by atoms with Crippen LogP contribution in [0.15, 0.2) is 42.5 Å². The van der Waals surface area contributed by atoms with E-state index in [-0.39, 0.29) is 23.6 Å². The number of phenolic OH excluding ortho intramolecular Hbond substituents is 1. The van der Waals surface area contributed by atoms with Crippen LogP contribution in [0.5, 0.6) is 11.5 Å². The number of anilines is 1. The number of ether oxygens (including phenoxy) is 2. The van der Waals surface area contributed by atoms with Crippen molar-refractivity contribution >= 4 is 41.1 Å². The molecule has 0 aliphatic carbocycles. The molecule has 28 heavy (non-hydrogen) atoms. The Kier molecular flexibility index (Phi) is 7.11. The van der Waals surface area contributed by atoms with Gasteiger partial charge in [-0.05, 0) is 47.8 Å². The van der Waals surface area contributed by atoms with Crippen LogP contribution < -0.4 is 10.1 Å². The Morgan fingerprint density at radius 2 is 1.86 bits per heavy atom. The first-order valence-electron chi connectivity index (χ1n) is 8.74. The van der Waals surface area contributed by atoms with Crippen LogP contribution in [-0.4, -0.2) is 42.2 Å². The van der Waals surface area contributed by atoms with E-state index >= 15 is 0 Å². The first-order chi connectivity index (χ1) is 13.6. The predicted molar refractivity (Wildman–Crippen MR) is 112 cm³/mol. The number of para-hydroxylation sites is 1. The standard InChI is InChI=1S/C20H21NO5S2/c1-25-19(24)15-4-2-5-16(18(15)23)21-17(22)12-26-14-8-6-13(7-9-14)20-27-10-3-11-28-20/h2,4-9,20,23H,3,10-12H2,1H3,(H,21,22). The number of amides is 1. The number of hydrogen-bond acceptors (Lipinski definition) is 7. The maximum atomic E-state index is 12.1. The molecule has 1 fully saturated rings. The average Bonchev–Trinajstić information content (AvgIpc) is 2.74. The summed E-state index contributed by atoms with van der Waals surface area (Å²) in [5, 5.41) is 12.7. The van der Waals surface area contributed by atoms with E-state index in [4.69, 9.17) is 4.74 Å². The molecule has 6 nitrogen and oxygen atoms in total. The molecule has 1 amide bonds. The second kappa shape index (κ2) is 9.75. The van der Waals surface area contributed by atoms with Gasteiger partial charge in [-0.1, -0.05) is 18.2 Å². The molecule has 0 bridgehead atoms. The molecule has 0 aromatic heterocycles. The van der Waals surface area contributed by atoms with Gasteiger partial charge in [0, 0.05) is 0 Å². The van der Waals surface area contributed by atoms with Crippen molar-refractivity contribution in [1.82, 2.24) is 0 Å². The Bertz CT molecular complexity index is 835. The van der Waals surface area contributed by atoms with Crippen molar-refractivity contribution in [2.75, 3.05) is 30.5 Å². The number of nitrogens with one attached hydrogen (secondary N) is 1. The van der Waals surface area contributed by atoms with Gasteiger partial charge in [-0.2, -0.15) is 0 Å². The zero-order valence-electron chi connectivity index (χ0n) is 15.3. The number of methoxy groups -OCH3 is 1. The molecule has 0 unspecified atom stereocenters. The lowest BCUT2D eigenvalue weighted by Crippen LogP contribution is -2.20. The van der Waals surface area contributed by atoms with Gasteiger partial charge in [0.05, 0.1) is 17.4 Å². The summed E-state index contributed by atoms with van der Waals surface area (Å²) < 4.78 is 10.6. The number of phenols is 1. The van der Waals surface area contributed by atoms with Crippen molar-refractivity contribution < 1.29 is 24.2 Å². The fraction of sp³-hybridized carbons (Fsp3) is 0.300. The third-order valence-corrected chi connectivity index (χ3v) is 7.08. The zero-order valence-corrected chi connectivity index (χ0v) is 17.0. The summed E-state index contributed by atoms with van der Waals surface area (Å²) in [7, 11) is 1.22. The molecule has 0 saturated carbocycles. The fourth-order valence-electron chi connectivity index (χ4n) is 2.66. The smallest absolute Gasteiger partial charge is 0.341 e. The Morgan fingerprint density at radius 3 is 2.54 bits per heavy atom. The van der Waals surface area contributed by atoms with Gasteiger partial charge in [0.2, 0.25) is 0 Å². The normalized spacial score (nSPS) is 14.3. The topological polar surface area (TPSA) is 84.9 Å². The van der Waals surface area contributed by atoms with E-state index in [1.54, 1.807) is 6.07 Å². The van der Waals surface area contributed by atoms with Gasteiger partial charge in [0.25, 0.3) is 5.91 Å². The quantitative estimate of drug-likeness (QED) is 0.539. The number of esters is 1. The van der Waals surface area contributed by atoms with Crippen molar-refractivity contribution in [3.63, 3.8) is 0 Å². The maximum Gasteiger partial charge on any atom is 0.341 e. The van der Waals surface area contributed by atoms with Crippen molar-refractivity contribution in [2.45, 2.75) is 11.0 Å². The lowest BCUT2D eigenvalue weighted by atomic mass is 10.1. The van der Waals surface area contributed by atoms with Crippen LogP contribution in [0.2, 0.25) is 0 Å². The fourth-order valence-corrected chi connectivity index (χ4v) is 5.55. The van der Waals surface area contributed by atoms with Crippen LogP contribution in [0.3, 0.4) is 0 Å². The van der Waals surface area contributed by atoms with Gasteiger partial charge in [-0.3, -0.25) is 4.79 Å². The number of carbonyl (C=O) groups excluding carboxylic acids is 2. The monoisotopic (exact) mass is 419 g/mol. The van der Waals surface area contributed by atoms with Gasteiger partial charge >= 0.3 is 5.97 Å². The number of aromatic hydroxyl groups is 1. The molecule has 0 radical (unpaired) electrons. The largest absolute Gasteiger partial charge is 0.505 e. The summed E-state index contributed by atoms with van der Waals surface area (Å²) in [5.74, 6) is 1.49. The molecular formula is C20H21NO5S2. The molecule has 0 spiro atoms. The van der Waals surface area contributed by atoms with Gasteiger partial charge < -0.3 is 19.9 Å². The molecule has 1 saturated heterocycles. The first kappa shape index (κ1) is 20.4. The number of carbonyl (C=O) groups is 2. The highest BCUT2D eigenvalue weighted by atomic mass is 32.2. The van der Waals surface area contributed by atoms with Crippen LogP contribution in [0.4, 0.5) is 5.69 Å². The molecule has 0 atom stereocenters. The van der Waals surface area contributed by atoms with E-state index in [0.717, 1.165) is 0 Å². The first-order valence-corrected chi connectivity index (χ1v) is 10.8. The molecule has 2 N–H and O–H groups in total. The summed E-state index contributed by atoms with van der Waals surface area (Å²) in [4.78, 5) is 23.7. The molecular weight excluding hydrogens is 398 g/mol. The van der Waals surface area contributed by atoms with Crippen molar-refractivity contribution in [1.29, 1.82) is 0 Å². The second-order valence-corrected chi connectivity index (χ2v) is 8.75. The predicted octanol–water partition coefficient (Wildman–Crippen LogP) is 4.07. The lowest BCUT2D eigenvalue weighted by Gasteiger charge is -2.21. The third kappa shape index (κ3) is 5.14. The number of benzene rings is 2. The molecule has 2 aromatic rings. The third-order valence-electron chi connectivity index (χ3n) is 4.06. The number of thioether (sulfide) groups is 2. The summed E-state index contributed by atoms with van der Waals surface area (Å²) in [6.07, 6.45) is 1.25. The summed E-state index contributed by atoms with van der Waals surface area (Å²) in [6, 6.07) is 12.2. The molecule has 1 aliphatic rings. The Morgan fingerprint density at radius 1 is 1.14 bits per heavy atom. The second-order valence-electron chi connectivity index (χ2n) is 6.03. The van der Waals surface area contributed by atoms with E-state index in [9.17, 15) is 14.7 Å². The number of rotatable bonds is 6. The zero-order chi connectivity index (χ0) is 19.9. The van der Waals surface area contributed by atoms with E-state index < -0.39 is 11.9 Å². The van der Waals surface area contributed by atoms with Gasteiger partial charge in [-0.15, -0.1) is 23.5 Å². The average molecular weight is 420 g/mol. The van der Waals surface area contributed by atoms with E-state index in [1.165, 1.54) is 42.7 Å². The summed E-state index contributed by atoms with van der Waals surface area (Å²) in [6.45, 7) is -0.214. The summed E-state index contributed by atoms with van der Waals surface area (Å²) >= 11 is 3.90. The van der Waals surface area contributed by atoms with Crippen LogP contribution in [0, 0.1) is 0 Å². The minimum atomic E-state index is -0.681.